The van der Waals surface area contributed by atoms with Crippen molar-refractivity contribution in [2.24, 2.45) is 10.9 Å². The first-order valence-corrected chi connectivity index (χ1v) is 10.8. The molecule has 2 aliphatic carbocycles. The Morgan fingerprint density at radius 1 is 1.19 bits per heavy atom. The van der Waals surface area contributed by atoms with Crippen molar-refractivity contribution in [2.45, 2.75) is 89.8 Å². The number of aliphatic hydroxyl groups excluding tert-OH is 1. The maximum absolute atomic E-state index is 9.74. The second kappa shape index (κ2) is 10.6. The fraction of sp³-hybridized carbons (Fsp3) is 0.850. The van der Waals surface area contributed by atoms with E-state index in [0.29, 0.717) is 6.04 Å². The van der Waals surface area contributed by atoms with E-state index in [1.165, 1.54) is 32.1 Å². The summed E-state index contributed by atoms with van der Waals surface area (Å²) in [6, 6.07) is 0.409. The predicted octanol–water partition coefficient (Wildman–Crippen LogP) is 2.26. The standard InChI is InChI=1S/C20H36N6O/c1-2-19-25-23-15-26(19)13-12-21-20(22-14-16-6-4-3-5-7-16)24-17-8-10-18(27)11-9-17/h15-18,27H,2-14H2,1H3,(H2,21,22,24). The van der Waals surface area contributed by atoms with E-state index in [9.17, 15) is 5.11 Å². The van der Waals surface area contributed by atoms with E-state index in [-0.39, 0.29) is 6.10 Å². The van der Waals surface area contributed by atoms with Crippen LogP contribution in [0, 0.1) is 5.92 Å². The second-order valence-corrected chi connectivity index (χ2v) is 8.06. The molecule has 0 aliphatic heterocycles. The van der Waals surface area contributed by atoms with Gasteiger partial charge in [-0.25, -0.2) is 0 Å². The van der Waals surface area contributed by atoms with Crippen LogP contribution in [0.2, 0.25) is 0 Å². The number of guanidine groups is 1. The number of nitrogens with one attached hydrogen (secondary N) is 2. The summed E-state index contributed by atoms with van der Waals surface area (Å²) in [6.45, 7) is 4.65. The molecule has 7 nitrogen and oxygen atoms in total. The largest absolute Gasteiger partial charge is 0.393 e. The quantitative estimate of drug-likeness (QED) is 0.502. The Balaban J connectivity index is 1.52. The normalized spacial score (nSPS) is 24.7. The van der Waals surface area contributed by atoms with E-state index in [2.05, 4.69) is 32.3 Å². The highest BCUT2D eigenvalue weighted by Crippen LogP contribution is 2.23. The summed E-state index contributed by atoms with van der Waals surface area (Å²) in [4.78, 5) is 4.91. The molecule has 2 aliphatic rings. The Hall–Kier alpha value is -1.63. The van der Waals surface area contributed by atoms with E-state index >= 15 is 0 Å². The van der Waals surface area contributed by atoms with Crippen molar-refractivity contribution < 1.29 is 5.11 Å². The molecule has 7 heteroatoms. The number of nitrogens with zero attached hydrogens (tertiary/aromatic N) is 4. The molecule has 3 N–H and O–H groups in total. The molecule has 0 bridgehead atoms. The van der Waals surface area contributed by atoms with Crippen molar-refractivity contribution in [3.8, 4) is 0 Å². The molecule has 152 valence electrons. The molecule has 1 aromatic heterocycles. The highest BCUT2D eigenvalue weighted by molar-refractivity contribution is 5.80. The lowest BCUT2D eigenvalue weighted by Crippen LogP contribution is -2.46. The van der Waals surface area contributed by atoms with E-state index in [0.717, 1.165) is 69.4 Å². The molecule has 1 heterocycles. The van der Waals surface area contributed by atoms with Gasteiger partial charge < -0.3 is 20.3 Å². The number of hydrogen-bond donors (Lipinski definition) is 3. The molecule has 2 saturated carbocycles. The van der Waals surface area contributed by atoms with Gasteiger partial charge in [-0.2, -0.15) is 0 Å². The van der Waals surface area contributed by atoms with Crippen molar-refractivity contribution in [1.82, 2.24) is 25.4 Å². The number of aryl methyl sites for hydroxylation is 1. The molecule has 27 heavy (non-hydrogen) atoms. The summed E-state index contributed by atoms with van der Waals surface area (Å²) in [6.07, 6.45) is 13.1. The van der Waals surface area contributed by atoms with Crippen LogP contribution in [0.1, 0.15) is 70.5 Å². The number of rotatable bonds is 7. The molecule has 0 radical (unpaired) electrons. The molecule has 0 amide bonds. The molecule has 0 saturated heterocycles. The minimum Gasteiger partial charge on any atom is -0.393 e. The van der Waals surface area contributed by atoms with Crippen LogP contribution in [-0.4, -0.2) is 51.1 Å². The fourth-order valence-electron chi connectivity index (χ4n) is 4.19. The first-order valence-electron chi connectivity index (χ1n) is 10.8. The maximum Gasteiger partial charge on any atom is 0.191 e. The molecule has 0 atom stereocenters. The van der Waals surface area contributed by atoms with Gasteiger partial charge in [0, 0.05) is 32.1 Å². The lowest BCUT2D eigenvalue weighted by atomic mass is 9.89. The van der Waals surface area contributed by atoms with E-state index in [1.54, 1.807) is 6.33 Å². The summed E-state index contributed by atoms with van der Waals surface area (Å²) >= 11 is 0. The average Bonchev–Trinajstić information content (AvgIpc) is 3.16. The first kappa shape index (κ1) is 20.1. The summed E-state index contributed by atoms with van der Waals surface area (Å²) in [7, 11) is 0. The van der Waals surface area contributed by atoms with Gasteiger partial charge in [0.25, 0.3) is 0 Å². The van der Waals surface area contributed by atoms with Crippen molar-refractivity contribution in [3.05, 3.63) is 12.2 Å². The van der Waals surface area contributed by atoms with Crippen LogP contribution in [0.25, 0.3) is 0 Å². The number of hydrogen-bond acceptors (Lipinski definition) is 4. The van der Waals surface area contributed by atoms with Crippen LogP contribution >= 0.6 is 0 Å². The van der Waals surface area contributed by atoms with Crippen molar-refractivity contribution in [1.29, 1.82) is 0 Å². The van der Waals surface area contributed by atoms with Crippen LogP contribution in [0.3, 0.4) is 0 Å². The zero-order valence-electron chi connectivity index (χ0n) is 16.7. The molecular weight excluding hydrogens is 340 g/mol. The minimum absolute atomic E-state index is 0.125. The summed E-state index contributed by atoms with van der Waals surface area (Å²) in [5.41, 5.74) is 0. The van der Waals surface area contributed by atoms with Crippen molar-refractivity contribution >= 4 is 5.96 Å². The molecule has 1 aromatic rings. The Kier molecular flexibility index (Phi) is 7.93. The summed E-state index contributed by atoms with van der Waals surface area (Å²) < 4.78 is 2.10. The monoisotopic (exact) mass is 376 g/mol. The maximum atomic E-state index is 9.74. The Morgan fingerprint density at radius 3 is 2.70 bits per heavy atom. The average molecular weight is 377 g/mol. The van der Waals surface area contributed by atoms with E-state index < -0.39 is 0 Å². The minimum atomic E-state index is -0.125. The van der Waals surface area contributed by atoms with Gasteiger partial charge in [0.1, 0.15) is 12.2 Å². The highest BCUT2D eigenvalue weighted by Gasteiger charge is 2.20. The molecular formula is C20H36N6O. The van der Waals surface area contributed by atoms with Crippen LogP contribution < -0.4 is 10.6 Å². The van der Waals surface area contributed by atoms with Gasteiger partial charge in [-0.1, -0.05) is 26.2 Å². The predicted molar refractivity (Wildman–Crippen MR) is 108 cm³/mol. The third-order valence-electron chi connectivity index (χ3n) is 5.93. The van der Waals surface area contributed by atoms with Gasteiger partial charge in [0.2, 0.25) is 0 Å². The Labute approximate surface area is 163 Å². The van der Waals surface area contributed by atoms with Crippen LogP contribution in [0.4, 0.5) is 0 Å². The molecule has 0 aromatic carbocycles. The molecule has 0 spiro atoms. The number of aliphatic imine (C=N–C) groups is 1. The van der Waals surface area contributed by atoms with Crippen molar-refractivity contribution in [3.63, 3.8) is 0 Å². The smallest absolute Gasteiger partial charge is 0.191 e. The zero-order chi connectivity index (χ0) is 18.9. The number of aliphatic hydroxyl groups is 1. The van der Waals surface area contributed by atoms with Gasteiger partial charge in [0.05, 0.1) is 6.10 Å². The van der Waals surface area contributed by atoms with Crippen molar-refractivity contribution in [2.75, 3.05) is 13.1 Å². The number of aromatic nitrogens is 3. The highest BCUT2D eigenvalue weighted by atomic mass is 16.3. The van der Waals surface area contributed by atoms with Crippen LogP contribution in [0.5, 0.6) is 0 Å². The SMILES string of the molecule is CCc1nncn1CCNC(=NCC1CCCCC1)NC1CCC(O)CC1. The topological polar surface area (TPSA) is 87.4 Å². The summed E-state index contributed by atoms with van der Waals surface area (Å²) in [5.74, 6) is 2.68. The molecule has 3 rings (SSSR count). The van der Waals surface area contributed by atoms with Gasteiger partial charge in [-0.15, -0.1) is 10.2 Å². The molecule has 2 fully saturated rings. The van der Waals surface area contributed by atoms with E-state index in [4.69, 9.17) is 4.99 Å². The zero-order valence-corrected chi connectivity index (χ0v) is 16.7. The first-order chi connectivity index (χ1) is 13.2. The van der Waals surface area contributed by atoms with Crippen LogP contribution in [0.15, 0.2) is 11.3 Å². The lowest BCUT2D eigenvalue weighted by Gasteiger charge is -2.28. The second-order valence-electron chi connectivity index (χ2n) is 8.06. The van der Waals surface area contributed by atoms with E-state index in [1.807, 2.05) is 0 Å². The van der Waals surface area contributed by atoms with Gasteiger partial charge >= 0.3 is 0 Å². The molecule has 0 unspecified atom stereocenters. The third-order valence-corrected chi connectivity index (χ3v) is 5.93. The Morgan fingerprint density at radius 2 is 1.96 bits per heavy atom. The van der Waals surface area contributed by atoms with Gasteiger partial charge in [-0.05, 0) is 44.4 Å². The summed E-state index contributed by atoms with van der Waals surface area (Å²) in [5, 5.41) is 25.0. The third kappa shape index (κ3) is 6.48. The van der Waals surface area contributed by atoms with Crippen LogP contribution in [-0.2, 0) is 13.0 Å². The Bertz CT molecular complexity index is 573. The lowest BCUT2D eigenvalue weighted by molar-refractivity contribution is 0.120. The van der Waals surface area contributed by atoms with Gasteiger partial charge in [-0.3, -0.25) is 4.99 Å². The fourth-order valence-corrected chi connectivity index (χ4v) is 4.19. The van der Waals surface area contributed by atoms with Gasteiger partial charge in [0.15, 0.2) is 5.96 Å².